The van der Waals surface area contributed by atoms with Crippen LogP contribution in [0.5, 0.6) is 0 Å². The Morgan fingerprint density at radius 3 is 2.47 bits per heavy atom. The molecule has 9 heteroatoms. The number of halogens is 3. The smallest absolute Gasteiger partial charge is 0.389 e. The third-order valence-corrected chi connectivity index (χ3v) is 3.10. The molecule has 1 aromatic rings. The molecule has 1 aliphatic rings. The molecule has 0 aromatic carbocycles. The predicted molar refractivity (Wildman–Crippen MR) is 55.5 cm³/mol. The van der Waals surface area contributed by atoms with Crippen LogP contribution in [0.1, 0.15) is 12.2 Å². The predicted octanol–water partition coefficient (Wildman–Crippen LogP) is -0.337. The SMILES string of the molecule is NC1(c2ncccn2)OCCC(O)C1(O)C(F)(F)F. The van der Waals surface area contributed by atoms with Crippen LogP contribution in [0.2, 0.25) is 0 Å². The van der Waals surface area contributed by atoms with Gasteiger partial charge in [-0.2, -0.15) is 13.2 Å². The normalized spacial score (nSPS) is 36.2. The van der Waals surface area contributed by atoms with E-state index in [0.717, 1.165) is 12.4 Å². The molecule has 4 N–H and O–H groups in total. The van der Waals surface area contributed by atoms with E-state index in [1.165, 1.54) is 6.07 Å². The summed E-state index contributed by atoms with van der Waals surface area (Å²) in [4.78, 5) is 7.17. The summed E-state index contributed by atoms with van der Waals surface area (Å²) in [5, 5.41) is 19.5. The molecule has 6 nitrogen and oxygen atoms in total. The second kappa shape index (κ2) is 4.37. The van der Waals surface area contributed by atoms with Crippen LogP contribution < -0.4 is 5.73 Å². The average molecular weight is 279 g/mol. The number of ether oxygens (including phenoxy) is 1. The van der Waals surface area contributed by atoms with Crippen LogP contribution in [0.3, 0.4) is 0 Å². The highest BCUT2D eigenvalue weighted by Gasteiger charge is 2.73. The van der Waals surface area contributed by atoms with Crippen molar-refractivity contribution >= 4 is 0 Å². The quantitative estimate of drug-likeness (QED) is 0.650. The molecule has 1 fully saturated rings. The second-order valence-electron chi connectivity index (χ2n) is 4.23. The molecule has 106 valence electrons. The van der Waals surface area contributed by atoms with E-state index in [2.05, 4.69) is 9.97 Å². The van der Waals surface area contributed by atoms with E-state index in [4.69, 9.17) is 10.5 Å². The molecule has 0 aliphatic carbocycles. The van der Waals surface area contributed by atoms with Gasteiger partial charge >= 0.3 is 6.18 Å². The van der Waals surface area contributed by atoms with E-state index in [0.29, 0.717) is 0 Å². The lowest BCUT2D eigenvalue weighted by atomic mass is 9.80. The van der Waals surface area contributed by atoms with Gasteiger partial charge in [-0.1, -0.05) is 0 Å². The molecule has 1 saturated heterocycles. The van der Waals surface area contributed by atoms with Gasteiger partial charge in [0, 0.05) is 18.8 Å². The van der Waals surface area contributed by atoms with E-state index in [9.17, 15) is 23.4 Å². The molecule has 19 heavy (non-hydrogen) atoms. The number of hydrogen-bond acceptors (Lipinski definition) is 6. The number of nitrogens with two attached hydrogens (primary N) is 1. The highest BCUT2D eigenvalue weighted by molar-refractivity contribution is 5.17. The van der Waals surface area contributed by atoms with Crippen LogP contribution in [0.4, 0.5) is 13.2 Å². The van der Waals surface area contributed by atoms with E-state index < -0.39 is 35.9 Å². The van der Waals surface area contributed by atoms with Crippen molar-refractivity contribution in [2.24, 2.45) is 5.73 Å². The third kappa shape index (κ3) is 1.89. The molecule has 2 rings (SSSR count). The first-order valence-corrected chi connectivity index (χ1v) is 5.41. The van der Waals surface area contributed by atoms with Gasteiger partial charge in [0.15, 0.2) is 5.82 Å². The Kier molecular flexibility index (Phi) is 3.25. The Labute approximate surface area is 106 Å². The van der Waals surface area contributed by atoms with E-state index in [1.54, 1.807) is 0 Å². The zero-order valence-corrected chi connectivity index (χ0v) is 9.63. The summed E-state index contributed by atoms with van der Waals surface area (Å²) in [6.07, 6.45) is -5.41. The lowest BCUT2D eigenvalue weighted by Crippen LogP contribution is -2.74. The minimum atomic E-state index is -5.21. The number of aliphatic hydroxyl groups excluding tert-OH is 1. The fourth-order valence-corrected chi connectivity index (χ4v) is 2.02. The molecule has 2 heterocycles. The van der Waals surface area contributed by atoms with Crippen molar-refractivity contribution < 1.29 is 28.1 Å². The lowest BCUT2D eigenvalue weighted by Gasteiger charge is -2.49. The molecule has 0 amide bonds. The van der Waals surface area contributed by atoms with E-state index in [1.807, 2.05) is 0 Å². The number of hydrogen-bond donors (Lipinski definition) is 3. The molecule has 1 aromatic heterocycles. The van der Waals surface area contributed by atoms with Crippen molar-refractivity contribution in [2.45, 2.75) is 30.0 Å². The third-order valence-electron chi connectivity index (χ3n) is 3.10. The van der Waals surface area contributed by atoms with Gasteiger partial charge < -0.3 is 14.9 Å². The van der Waals surface area contributed by atoms with Crippen LogP contribution in [-0.2, 0) is 10.5 Å². The second-order valence-corrected chi connectivity index (χ2v) is 4.23. The summed E-state index contributed by atoms with van der Waals surface area (Å²) in [6.45, 7) is -0.256. The van der Waals surface area contributed by atoms with Crippen molar-refractivity contribution in [3.8, 4) is 0 Å². The first-order chi connectivity index (χ1) is 8.73. The maximum Gasteiger partial charge on any atom is 0.424 e. The molecule has 0 bridgehead atoms. The van der Waals surface area contributed by atoms with Gasteiger partial charge in [0.05, 0.1) is 12.7 Å². The molecular formula is C10H12F3N3O3. The van der Waals surface area contributed by atoms with Crippen LogP contribution >= 0.6 is 0 Å². The Morgan fingerprint density at radius 2 is 1.95 bits per heavy atom. The van der Waals surface area contributed by atoms with E-state index >= 15 is 0 Å². The van der Waals surface area contributed by atoms with Gasteiger partial charge in [0.2, 0.25) is 11.3 Å². The standard InChI is InChI=1S/C10H12F3N3O3/c11-10(12,13)8(18)6(17)2-5-19-9(8,14)7-15-3-1-4-16-7/h1,3-4,6,17-18H,2,5,14H2. The number of alkyl halides is 3. The first-order valence-electron chi connectivity index (χ1n) is 5.41. The highest BCUT2D eigenvalue weighted by Crippen LogP contribution is 2.47. The minimum absolute atomic E-state index is 0.256. The molecule has 0 spiro atoms. The number of nitrogens with zero attached hydrogens (tertiary/aromatic N) is 2. The fraction of sp³-hybridized carbons (Fsp3) is 0.600. The number of aliphatic hydroxyl groups is 2. The molecule has 3 unspecified atom stereocenters. The topological polar surface area (TPSA) is 101 Å². The van der Waals surface area contributed by atoms with Gasteiger partial charge in [-0.15, -0.1) is 0 Å². The van der Waals surface area contributed by atoms with Gasteiger partial charge in [-0.3, -0.25) is 5.73 Å². The van der Waals surface area contributed by atoms with Crippen molar-refractivity contribution in [1.82, 2.24) is 9.97 Å². The number of aromatic nitrogens is 2. The van der Waals surface area contributed by atoms with Gasteiger partial charge in [-0.25, -0.2) is 9.97 Å². The summed E-state index contributed by atoms with van der Waals surface area (Å²) < 4.78 is 44.3. The zero-order valence-electron chi connectivity index (χ0n) is 9.63. The molecule has 0 saturated carbocycles. The molecule has 0 radical (unpaired) electrons. The van der Waals surface area contributed by atoms with Crippen molar-refractivity contribution in [1.29, 1.82) is 0 Å². The first kappa shape index (κ1) is 14.1. The van der Waals surface area contributed by atoms with Crippen LogP contribution in [0.15, 0.2) is 18.5 Å². The maximum absolute atomic E-state index is 13.1. The van der Waals surface area contributed by atoms with Crippen LogP contribution in [0, 0.1) is 0 Å². The molecular weight excluding hydrogens is 267 g/mol. The monoisotopic (exact) mass is 279 g/mol. The summed E-state index contributed by atoms with van der Waals surface area (Å²) in [7, 11) is 0. The van der Waals surface area contributed by atoms with Crippen molar-refractivity contribution in [3.05, 3.63) is 24.3 Å². The largest absolute Gasteiger partial charge is 0.424 e. The maximum atomic E-state index is 13.1. The Hall–Kier alpha value is -1.29. The number of rotatable bonds is 1. The molecule has 1 aliphatic heterocycles. The lowest BCUT2D eigenvalue weighted by molar-refractivity contribution is -0.376. The summed E-state index contributed by atoms with van der Waals surface area (Å²) in [5.74, 6) is -0.548. The summed E-state index contributed by atoms with van der Waals surface area (Å²) in [5.41, 5.74) is -0.882. The Bertz CT molecular complexity index is 458. The zero-order chi connectivity index (χ0) is 14.3. The van der Waals surface area contributed by atoms with E-state index in [-0.39, 0.29) is 6.61 Å². The van der Waals surface area contributed by atoms with Crippen LogP contribution in [0.25, 0.3) is 0 Å². The highest BCUT2D eigenvalue weighted by atomic mass is 19.4. The Balaban J connectivity index is 2.58. The summed E-state index contributed by atoms with van der Waals surface area (Å²) >= 11 is 0. The summed E-state index contributed by atoms with van der Waals surface area (Å²) in [6, 6.07) is 1.37. The fourth-order valence-electron chi connectivity index (χ4n) is 2.02. The van der Waals surface area contributed by atoms with Crippen molar-refractivity contribution in [3.63, 3.8) is 0 Å². The Morgan fingerprint density at radius 1 is 1.37 bits per heavy atom. The molecule has 3 atom stereocenters. The minimum Gasteiger partial charge on any atom is -0.389 e. The van der Waals surface area contributed by atoms with Gasteiger partial charge in [-0.05, 0) is 6.07 Å². The van der Waals surface area contributed by atoms with Crippen LogP contribution in [-0.4, -0.2) is 44.7 Å². The van der Waals surface area contributed by atoms with Crippen molar-refractivity contribution in [2.75, 3.05) is 6.61 Å². The van der Waals surface area contributed by atoms with Gasteiger partial charge in [0.25, 0.3) is 0 Å². The average Bonchev–Trinajstić information content (AvgIpc) is 2.35. The van der Waals surface area contributed by atoms with Gasteiger partial charge in [0.1, 0.15) is 0 Å².